The molecule has 3 fully saturated rings. The van der Waals surface area contributed by atoms with Crippen LogP contribution in [0.2, 0.25) is 0 Å². The van der Waals surface area contributed by atoms with Gasteiger partial charge in [-0.25, -0.2) is 0 Å². The lowest BCUT2D eigenvalue weighted by atomic mass is 9.83. The number of amides is 2. The zero-order valence-corrected chi connectivity index (χ0v) is 21.7. The molecule has 0 aromatic heterocycles. The molecular weight excluding hydrogens is 472 g/mol. The standard InChI is InChI=1S/C32H34N4O2/c1-2-26(21-9-5-3-6-10-21)34-31(37)24-13-14-25-27(19-24)35-32(38)29(25)30(23-11-7-4-8-12-23)33-28-20-36-17-15-22(28)16-18-36/h3-14,19,22,26,28,33H,2,15-18,20H2,1H3,(H,34,37)(H,35,38)/b30-29-/t26-,28?/m1/s1. The SMILES string of the molecule is CC[C@@H](NC(=O)c1ccc2c(c1)NC(=O)/C2=C(\NC1CN2CCC1CC2)c1ccccc1)c1ccccc1. The van der Waals surface area contributed by atoms with Crippen molar-refractivity contribution in [2.75, 3.05) is 25.0 Å². The fourth-order valence-electron chi connectivity index (χ4n) is 6.13. The molecule has 4 aliphatic heterocycles. The predicted molar refractivity (Wildman–Crippen MR) is 151 cm³/mol. The first-order valence-corrected chi connectivity index (χ1v) is 13.7. The summed E-state index contributed by atoms with van der Waals surface area (Å²) in [5, 5.41) is 9.99. The molecule has 0 aliphatic carbocycles. The summed E-state index contributed by atoms with van der Waals surface area (Å²) in [5.41, 5.74) is 5.63. The molecule has 6 heteroatoms. The van der Waals surface area contributed by atoms with Gasteiger partial charge in [-0.3, -0.25) is 9.59 Å². The molecule has 194 valence electrons. The molecule has 0 spiro atoms. The van der Waals surface area contributed by atoms with Crippen molar-refractivity contribution in [3.8, 4) is 0 Å². The first-order valence-electron chi connectivity index (χ1n) is 13.7. The first kappa shape index (κ1) is 24.4. The van der Waals surface area contributed by atoms with E-state index < -0.39 is 0 Å². The van der Waals surface area contributed by atoms with Crippen molar-refractivity contribution in [2.24, 2.45) is 5.92 Å². The number of hydrogen-bond acceptors (Lipinski definition) is 4. The van der Waals surface area contributed by atoms with Gasteiger partial charge in [0.2, 0.25) is 0 Å². The Morgan fingerprint density at radius 1 is 0.974 bits per heavy atom. The Bertz CT molecular complexity index is 1360. The van der Waals surface area contributed by atoms with Gasteiger partial charge in [-0.1, -0.05) is 73.7 Å². The highest BCUT2D eigenvalue weighted by Gasteiger charge is 2.36. The molecule has 6 nitrogen and oxygen atoms in total. The number of hydrogen-bond donors (Lipinski definition) is 3. The van der Waals surface area contributed by atoms with E-state index in [-0.39, 0.29) is 17.9 Å². The maximum atomic E-state index is 13.4. The summed E-state index contributed by atoms with van der Waals surface area (Å²) in [4.78, 5) is 29.1. The van der Waals surface area contributed by atoms with Crippen LogP contribution in [-0.4, -0.2) is 42.4 Å². The largest absolute Gasteiger partial charge is 0.380 e. The molecule has 4 aliphatic rings. The molecule has 2 atom stereocenters. The number of carbonyl (C=O) groups excluding carboxylic acids is 2. The van der Waals surface area contributed by atoms with Crippen LogP contribution in [0, 0.1) is 5.92 Å². The number of nitrogens with zero attached hydrogens (tertiary/aromatic N) is 1. The van der Waals surface area contributed by atoms with Gasteiger partial charge in [0, 0.05) is 29.4 Å². The Kier molecular flexibility index (Phi) is 6.73. The molecule has 0 radical (unpaired) electrons. The van der Waals surface area contributed by atoms with E-state index in [1.54, 1.807) is 6.07 Å². The van der Waals surface area contributed by atoms with Gasteiger partial charge in [0.05, 0.1) is 17.3 Å². The van der Waals surface area contributed by atoms with Gasteiger partial charge in [0.25, 0.3) is 11.8 Å². The molecule has 4 heterocycles. The highest BCUT2D eigenvalue weighted by molar-refractivity contribution is 6.36. The van der Waals surface area contributed by atoms with Gasteiger partial charge in [-0.05, 0) is 61.5 Å². The number of anilines is 1. The first-order chi connectivity index (χ1) is 18.6. The van der Waals surface area contributed by atoms with E-state index in [0.717, 1.165) is 48.4 Å². The number of carbonyl (C=O) groups is 2. The molecular formula is C32H34N4O2. The summed E-state index contributed by atoms with van der Waals surface area (Å²) in [6.45, 7) is 5.39. The summed E-state index contributed by atoms with van der Waals surface area (Å²) in [6.07, 6.45) is 3.17. The summed E-state index contributed by atoms with van der Waals surface area (Å²) in [7, 11) is 0. The fraction of sp³-hybridized carbons (Fsp3) is 0.312. The Balaban J connectivity index is 1.32. The van der Waals surface area contributed by atoms with Crippen LogP contribution in [0.25, 0.3) is 11.3 Å². The summed E-state index contributed by atoms with van der Waals surface area (Å²) >= 11 is 0. The monoisotopic (exact) mass is 506 g/mol. The van der Waals surface area contributed by atoms with Crippen LogP contribution >= 0.6 is 0 Å². The number of rotatable bonds is 7. The normalized spacial score (nSPS) is 23.8. The molecule has 2 amide bonds. The van der Waals surface area contributed by atoms with E-state index in [1.807, 2.05) is 60.7 Å². The van der Waals surface area contributed by atoms with Gasteiger partial charge in [0.15, 0.2) is 0 Å². The van der Waals surface area contributed by atoms with Crippen LogP contribution in [0.15, 0.2) is 78.9 Å². The molecule has 3 N–H and O–H groups in total. The number of fused-ring (bicyclic) bond motifs is 4. The molecule has 2 bridgehead atoms. The minimum Gasteiger partial charge on any atom is -0.380 e. The van der Waals surface area contributed by atoms with Crippen molar-refractivity contribution < 1.29 is 9.59 Å². The molecule has 3 aromatic rings. The maximum Gasteiger partial charge on any atom is 0.258 e. The molecule has 0 saturated carbocycles. The van der Waals surface area contributed by atoms with E-state index in [0.29, 0.717) is 28.8 Å². The predicted octanol–water partition coefficient (Wildman–Crippen LogP) is 5.07. The Morgan fingerprint density at radius 2 is 1.68 bits per heavy atom. The van der Waals surface area contributed by atoms with Crippen LogP contribution in [-0.2, 0) is 4.79 Å². The second kappa shape index (κ2) is 10.5. The van der Waals surface area contributed by atoms with Crippen molar-refractivity contribution in [1.82, 2.24) is 15.5 Å². The fourth-order valence-corrected chi connectivity index (χ4v) is 6.13. The number of benzene rings is 3. The lowest BCUT2D eigenvalue weighted by Gasteiger charge is -2.45. The molecule has 7 rings (SSSR count). The van der Waals surface area contributed by atoms with Gasteiger partial charge in [0.1, 0.15) is 0 Å². The van der Waals surface area contributed by atoms with Crippen molar-refractivity contribution in [3.05, 3.63) is 101 Å². The number of piperidine rings is 3. The quantitative estimate of drug-likeness (QED) is 0.391. The summed E-state index contributed by atoms with van der Waals surface area (Å²) in [6, 6.07) is 25.9. The molecule has 1 unspecified atom stereocenters. The minimum absolute atomic E-state index is 0.0718. The zero-order chi connectivity index (χ0) is 26.1. The van der Waals surface area contributed by atoms with Gasteiger partial charge >= 0.3 is 0 Å². The lowest BCUT2D eigenvalue weighted by molar-refractivity contribution is -0.110. The third-order valence-electron chi connectivity index (χ3n) is 8.24. The third kappa shape index (κ3) is 4.72. The zero-order valence-electron chi connectivity index (χ0n) is 21.7. The van der Waals surface area contributed by atoms with Crippen molar-refractivity contribution in [3.63, 3.8) is 0 Å². The smallest absolute Gasteiger partial charge is 0.258 e. The van der Waals surface area contributed by atoms with Crippen LogP contribution in [0.1, 0.15) is 59.3 Å². The van der Waals surface area contributed by atoms with Crippen LogP contribution in [0.4, 0.5) is 5.69 Å². The van der Waals surface area contributed by atoms with Crippen LogP contribution in [0.3, 0.4) is 0 Å². The average Bonchev–Trinajstić information content (AvgIpc) is 3.30. The second-order valence-corrected chi connectivity index (χ2v) is 10.6. The van der Waals surface area contributed by atoms with Crippen LogP contribution in [0.5, 0.6) is 0 Å². The van der Waals surface area contributed by atoms with Crippen LogP contribution < -0.4 is 16.0 Å². The topological polar surface area (TPSA) is 73.5 Å². The summed E-state index contributed by atoms with van der Waals surface area (Å²) < 4.78 is 0. The third-order valence-corrected chi connectivity index (χ3v) is 8.24. The molecule has 3 aromatic carbocycles. The molecule has 3 saturated heterocycles. The minimum atomic E-state index is -0.149. The van der Waals surface area contributed by atoms with Crippen molar-refractivity contribution >= 4 is 28.8 Å². The van der Waals surface area contributed by atoms with E-state index in [2.05, 4.69) is 39.9 Å². The Morgan fingerprint density at radius 3 is 2.34 bits per heavy atom. The van der Waals surface area contributed by atoms with Gasteiger partial charge in [-0.15, -0.1) is 0 Å². The average molecular weight is 507 g/mol. The van der Waals surface area contributed by atoms with Crippen molar-refractivity contribution in [2.45, 2.75) is 38.3 Å². The highest BCUT2D eigenvalue weighted by Crippen LogP contribution is 2.38. The Hall–Kier alpha value is -3.90. The number of nitrogens with one attached hydrogen (secondary N) is 3. The Labute approximate surface area is 224 Å². The lowest BCUT2D eigenvalue weighted by Crippen LogP contribution is -2.55. The summed E-state index contributed by atoms with van der Waals surface area (Å²) in [5.74, 6) is 0.329. The maximum absolute atomic E-state index is 13.4. The van der Waals surface area contributed by atoms with Gasteiger partial charge < -0.3 is 20.9 Å². The van der Waals surface area contributed by atoms with Gasteiger partial charge in [-0.2, -0.15) is 0 Å². The van der Waals surface area contributed by atoms with E-state index >= 15 is 0 Å². The van der Waals surface area contributed by atoms with E-state index in [1.165, 1.54) is 12.8 Å². The van der Waals surface area contributed by atoms with E-state index in [9.17, 15) is 9.59 Å². The highest BCUT2D eigenvalue weighted by atomic mass is 16.2. The molecule has 38 heavy (non-hydrogen) atoms. The van der Waals surface area contributed by atoms with Crippen molar-refractivity contribution in [1.29, 1.82) is 0 Å². The second-order valence-electron chi connectivity index (χ2n) is 10.6. The van der Waals surface area contributed by atoms with E-state index in [4.69, 9.17) is 0 Å².